The fraction of sp³-hybridized carbons (Fsp3) is 0.471. The smallest absolute Gasteiger partial charge is 0.362 e. The Hall–Kier alpha value is -3.68. The highest BCUT2D eigenvalue weighted by atomic mass is 32.2. The number of nitrogen functional groups attached to an aromatic ring is 1. The molecule has 2 aromatic heterocycles. The van der Waals surface area contributed by atoms with E-state index in [1.165, 1.54) is 5.38 Å². The summed E-state index contributed by atoms with van der Waals surface area (Å²) in [5.74, 6) is -3.41. The molecule has 1 aliphatic carbocycles. The van der Waals surface area contributed by atoms with Gasteiger partial charge in [-0.1, -0.05) is 5.16 Å². The molecule has 2 aliphatic rings. The number of aliphatic carboxylic acids is 1. The monoisotopic (exact) mass is 543 g/mol. The van der Waals surface area contributed by atoms with E-state index in [0.717, 1.165) is 16.1 Å². The molecule has 1 saturated carbocycles. The largest absolute Gasteiger partial charge is 0.478 e. The molecular weight excluding hydrogens is 522 g/mol. The highest BCUT2D eigenvalue weighted by Crippen LogP contribution is 2.40. The summed E-state index contributed by atoms with van der Waals surface area (Å²) in [5.41, 5.74) is 10.00. The van der Waals surface area contributed by atoms with Gasteiger partial charge < -0.3 is 26.7 Å². The van der Waals surface area contributed by atoms with Crippen molar-refractivity contribution in [2.75, 3.05) is 5.73 Å². The molecule has 194 valence electrons. The summed E-state index contributed by atoms with van der Waals surface area (Å²) in [7, 11) is -4.97. The quantitative estimate of drug-likeness (QED) is 0.0908. The number of carbonyl (C=O) groups excluding carboxylic acids is 2. The molecule has 2 aromatic rings. The van der Waals surface area contributed by atoms with Gasteiger partial charge in [-0.15, -0.1) is 11.3 Å². The first-order valence-electron chi connectivity index (χ1n) is 10.3. The van der Waals surface area contributed by atoms with Crippen molar-refractivity contribution < 1.29 is 37.3 Å². The van der Waals surface area contributed by atoms with Gasteiger partial charge in [0.25, 0.3) is 11.8 Å². The number of hydrogen-bond acceptors (Lipinski definition) is 13. The zero-order valence-electron chi connectivity index (χ0n) is 18.6. The molecule has 36 heavy (non-hydrogen) atoms. The number of nitrogens with one attached hydrogen (secondary N) is 1. The zero-order chi connectivity index (χ0) is 26.4. The molecule has 7 N–H and O–H groups in total. The van der Waals surface area contributed by atoms with Crippen LogP contribution in [0.15, 0.2) is 10.5 Å². The molecule has 2 amide bonds. The van der Waals surface area contributed by atoms with Gasteiger partial charge in [-0.2, -0.15) is 23.4 Å². The van der Waals surface area contributed by atoms with Crippen molar-refractivity contribution >= 4 is 50.3 Å². The van der Waals surface area contributed by atoms with Gasteiger partial charge in [0, 0.05) is 24.8 Å². The molecule has 0 radical (unpaired) electrons. The lowest BCUT2D eigenvalue weighted by Crippen LogP contribution is -2.73. The zero-order valence-corrected chi connectivity index (χ0v) is 20.2. The van der Waals surface area contributed by atoms with Gasteiger partial charge in [0.1, 0.15) is 17.8 Å². The number of rotatable bonds is 10. The van der Waals surface area contributed by atoms with Crippen molar-refractivity contribution in [3.05, 3.63) is 22.5 Å². The summed E-state index contributed by atoms with van der Waals surface area (Å²) in [6.45, 7) is 1.38. The lowest BCUT2D eigenvalue weighted by Gasteiger charge is -2.43. The molecule has 17 nitrogen and oxygen atoms in total. The average Bonchev–Trinajstić information content (AvgIpc) is 3.34. The third kappa shape index (κ3) is 4.72. The summed E-state index contributed by atoms with van der Waals surface area (Å²) >= 11 is 0.973. The molecule has 0 spiro atoms. The second-order valence-electron chi connectivity index (χ2n) is 8.02. The fourth-order valence-corrected chi connectivity index (χ4v) is 4.86. The van der Waals surface area contributed by atoms with Crippen LogP contribution < -0.4 is 16.8 Å². The minimum absolute atomic E-state index is 0.0527. The molecule has 3 heterocycles. The van der Waals surface area contributed by atoms with Crippen LogP contribution in [0.25, 0.3) is 0 Å². The number of carboxylic acids is 1. The maximum Gasteiger partial charge on any atom is 0.362 e. The number of nitrogens with zero attached hydrogens (tertiary/aromatic N) is 6. The molecule has 0 aromatic carbocycles. The van der Waals surface area contributed by atoms with Crippen molar-refractivity contribution in [3.63, 3.8) is 0 Å². The Kier molecular flexibility index (Phi) is 6.41. The molecule has 1 aliphatic heterocycles. The Balaban J connectivity index is 1.60. The first kappa shape index (κ1) is 25.4. The Morgan fingerprint density at radius 2 is 2.08 bits per heavy atom. The van der Waals surface area contributed by atoms with Gasteiger partial charge in [-0.25, -0.2) is 14.1 Å². The lowest BCUT2D eigenvalue weighted by molar-refractivity contribution is -0.153. The minimum atomic E-state index is -4.97. The van der Waals surface area contributed by atoms with Gasteiger partial charge in [0.05, 0.1) is 17.9 Å². The first-order chi connectivity index (χ1) is 16.9. The van der Waals surface area contributed by atoms with Crippen molar-refractivity contribution in [1.29, 1.82) is 0 Å². The molecule has 1 saturated heterocycles. The Bertz CT molecular complexity index is 1360. The van der Waals surface area contributed by atoms with Crippen LogP contribution in [0.3, 0.4) is 0 Å². The number of hydrogen-bond donors (Lipinski definition) is 5. The number of β-lactam (4-membered cyclic amide) rings is 1. The Labute approximate surface area is 207 Å². The number of nitrogens with two attached hydrogens (primary N) is 2. The van der Waals surface area contributed by atoms with Gasteiger partial charge in [0.2, 0.25) is 5.60 Å². The third-order valence-corrected chi connectivity index (χ3v) is 7.17. The van der Waals surface area contributed by atoms with E-state index in [1.54, 1.807) is 6.92 Å². The van der Waals surface area contributed by atoms with E-state index in [2.05, 4.69) is 25.7 Å². The van der Waals surface area contributed by atoms with Crippen molar-refractivity contribution in [3.8, 4) is 0 Å². The van der Waals surface area contributed by atoms with Crippen molar-refractivity contribution in [1.82, 2.24) is 29.6 Å². The molecule has 2 unspecified atom stereocenters. The highest BCUT2D eigenvalue weighted by molar-refractivity contribution is 7.84. The minimum Gasteiger partial charge on any atom is -0.478 e. The average molecular weight is 544 g/mol. The van der Waals surface area contributed by atoms with Gasteiger partial charge >= 0.3 is 16.3 Å². The van der Waals surface area contributed by atoms with Gasteiger partial charge in [-0.3, -0.25) is 14.1 Å². The maximum atomic E-state index is 13.1. The van der Waals surface area contributed by atoms with E-state index in [0.29, 0.717) is 11.4 Å². The standard InChI is InChI=1S/C17H21N9O8S2/c1-7-8(4-18)23-25(22-7)5-10-12(14(28)26(10)36(31,32)33)21-13(27)11(9-6-35-16(19)20-9)24-34-17(2-3-17)15(29)30/h6,10,12H,2-5,18H2,1H3,(H2,19,20)(H,21,27)(H,29,30)(H,31,32,33). The second-order valence-corrected chi connectivity index (χ2v) is 10.2. The number of amides is 2. The number of anilines is 1. The van der Waals surface area contributed by atoms with Gasteiger partial charge in [0.15, 0.2) is 10.8 Å². The number of carbonyl (C=O) groups is 3. The fourth-order valence-electron chi connectivity index (χ4n) is 3.44. The number of carboxylic acid groups (broad SMARTS) is 1. The number of thiazole rings is 1. The van der Waals surface area contributed by atoms with E-state index in [1.807, 2.05) is 0 Å². The summed E-state index contributed by atoms with van der Waals surface area (Å²) in [5, 5.41) is 25.0. The number of aromatic nitrogens is 4. The first-order valence-corrected chi connectivity index (χ1v) is 12.6. The van der Waals surface area contributed by atoms with E-state index >= 15 is 0 Å². The molecule has 0 bridgehead atoms. The van der Waals surface area contributed by atoms with Crippen LogP contribution >= 0.6 is 11.3 Å². The molecule has 2 atom stereocenters. The van der Waals surface area contributed by atoms with E-state index in [4.69, 9.17) is 16.3 Å². The number of oxime groups is 1. The van der Waals surface area contributed by atoms with Crippen molar-refractivity contribution in [2.24, 2.45) is 10.9 Å². The SMILES string of the molecule is Cc1nn(CC2C(NC(=O)C(=NOC3(C(=O)O)CC3)c3csc(N)n3)C(=O)N2S(=O)(=O)O)nc1CN. The predicted molar refractivity (Wildman–Crippen MR) is 121 cm³/mol. The molecule has 2 fully saturated rings. The van der Waals surface area contributed by atoms with Crippen LogP contribution in [0, 0.1) is 6.92 Å². The van der Waals surface area contributed by atoms with Crippen LogP contribution in [0.2, 0.25) is 0 Å². The van der Waals surface area contributed by atoms with Crippen LogP contribution in [0.4, 0.5) is 5.13 Å². The summed E-state index contributed by atoms with van der Waals surface area (Å²) in [4.78, 5) is 47.2. The molecule has 19 heteroatoms. The van der Waals surface area contributed by atoms with Crippen LogP contribution in [-0.2, 0) is 42.6 Å². The van der Waals surface area contributed by atoms with E-state index in [-0.39, 0.29) is 41.1 Å². The second kappa shape index (κ2) is 9.08. The Morgan fingerprint density at radius 1 is 1.39 bits per heavy atom. The topological polar surface area (TPSA) is 258 Å². The number of aryl methyl sites for hydroxylation is 1. The maximum absolute atomic E-state index is 13.1. The van der Waals surface area contributed by atoms with Crippen LogP contribution in [0.1, 0.15) is 29.9 Å². The predicted octanol–water partition coefficient (Wildman–Crippen LogP) is -2.38. The van der Waals surface area contributed by atoms with E-state index in [9.17, 15) is 32.5 Å². The lowest BCUT2D eigenvalue weighted by atomic mass is 9.98. The molecular formula is C17H21N9O8S2. The van der Waals surface area contributed by atoms with Crippen LogP contribution in [0.5, 0.6) is 0 Å². The van der Waals surface area contributed by atoms with Crippen LogP contribution in [-0.4, -0.2) is 83.5 Å². The molecule has 4 rings (SSSR count). The van der Waals surface area contributed by atoms with Crippen molar-refractivity contribution in [2.45, 2.75) is 50.5 Å². The Morgan fingerprint density at radius 3 is 2.58 bits per heavy atom. The van der Waals surface area contributed by atoms with E-state index < -0.39 is 51.5 Å². The summed E-state index contributed by atoms with van der Waals surface area (Å²) in [6.07, 6.45) is 0.348. The summed E-state index contributed by atoms with van der Waals surface area (Å²) < 4.78 is 33.3. The summed E-state index contributed by atoms with van der Waals surface area (Å²) in [6, 6.07) is -2.74. The highest BCUT2D eigenvalue weighted by Gasteiger charge is 2.56. The third-order valence-electron chi connectivity index (χ3n) is 5.55. The normalized spacial score (nSPS) is 21.1. The van der Waals surface area contributed by atoms with Gasteiger partial charge in [-0.05, 0) is 6.92 Å².